The van der Waals surface area contributed by atoms with Crippen LogP contribution >= 0.6 is 15.9 Å². The van der Waals surface area contributed by atoms with E-state index in [-0.39, 0.29) is 17.3 Å². The average molecular weight is 525 g/mol. The van der Waals surface area contributed by atoms with Gasteiger partial charge in [-0.15, -0.1) is 0 Å². The number of carbonyl (C=O) groups excluding carboxylic acids is 1. The molecule has 1 saturated heterocycles. The zero-order chi connectivity index (χ0) is 23.1. The monoisotopic (exact) mass is 524 g/mol. The first kappa shape index (κ1) is 24.2. The molecule has 0 spiro atoms. The normalized spacial score (nSPS) is 15.6. The number of hydrazone groups is 1. The van der Waals surface area contributed by atoms with Crippen LogP contribution in [0.2, 0.25) is 0 Å². The minimum Gasteiger partial charge on any atom is -0.493 e. The Bertz CT molecular complexity index is 1070. The summed E-state index contributed by atoms with van der Waals surface area (Å²) >= 11 is 3.31. The maximum atomic E-state index is 12.8. The van der Waals surface area contributed by atoms with Gasteiger partial charge in [0.05, 0.1) is 31.9 Å². The van der Waals surface area contributed by atoms with Crippen LogP contribution in [0, 0.1) is 0 Å². The molecule has 11 heteroatoms. The van der Waals surface area contributed by atoms with E-state index in [1.54, 1.807) is 49.6 Å². The number of hydrogen-bond donors (Lipinski definition) is 1. The summed E-state index contributed by atoms with van der Waals surface area (Å²) in [5.41, 5.74) is 3.16. The highest BCUT2D eigenvalue weighted by molar-refractivity contribution is 9.10. The molecule has 32 heavy (non-hydrogen) atoms. The molecule has 0 saturated carbocycles. The lowest BCUT2D eigenvalue weighted by molar-refractivity contribution is -0.122. The lowest BCUT2D eigenvalue weighted by Crippen LogP contribution is -2.50. The third-order valence-corrected chi connectivity index (χ3v) is 7.42. The highest BCUT2D eigenvalue weighted by Gasteiger charge is 2.29. The Morgan fingerprint density at radius 2 is 1.78 bits per heavy atom. The molecule has 2 aromatic rings. The number of piperazine rings is 1. The maximum Gasteiger partial charge on any atom is 0.254 e. The highest BCUT2D eigenvalue weighted by atomic mass is 79.9. The molecule has 0 atom stereocenters. The topological polar surface area (TPSA) is 101 Å². The van der Waals surface area contributed by atoms with Gasteiger partial charge in [-0.2, -0.15) is 9.41 Å². The van der Waals surface area contributed by atoms with E-state index in [1.165, 1.54) is 17.6 Å². The molecule has 1 heterocycles. The van der Waals surface area contributed by atoms with Crippen LogP contribution in [0.5, 0.6) is 11.5 Å². The van der Waals surface area contributed by atoms with Crippen molar-refractivity contribution in [1.29, 1.82) is 0 Å². The number of para-hydroxylation sites is 1. The number of hydrogen-bond acceptors (Lipinski definition) is 7. The molecule has 1 aliphatic heterocycles. The van der Waals surface area contributed by atoms with Crippen molar-refractivity contribution in [2.75, 3.05) is 46.9 Å². The zero-order valence-electron chi connectivity index (χ0n) is 17.8. The van der Waals surface area contributed by atoms with Crippen LogP contribution in [0.15, 0.2) is 56.9 Å². The highest BCUT2D eigenvalue weighted by Crippen LogP contribution is 2.29. The van der Waals surface area contributed by atoms with Crippen LogP contribution < -0.4 is 14.9 Å². The molecule has 0 bridgehead atoms. The van der Waals surface area contributed by atoms with Crippen molar-refractivity contribution < 1.29 is 22.7 Å². The van der Waals surface area contributed by atoms with Crippen molar-refractivity contribution in [2.45, 2.75) is 4.90 Å². The lowest BCUT2D eigenvalue weighted by Gasteiger charge is -2.33. The first-order valence-corrected chi connectivity index (χ1v) is 12.1. The van der Waals surface area contributed by atoms with Gasteiger partial charge in [-0.3, -0.25) is 9.69 Å². The Kier molecular flexibility index (Phi) is 8.24. The van der Waals surface area contributed by atoms with E-state index in [1.807, 2.05) is 4.90 Å². The van der Waals surface area contributed by atoms with Crippen molar-refractivity contribution >= 4 is 38.1 Å². The van der Waals surface area contributed by atoms with Gasteiger partial charge in [-0.05, 0) is 36.4 Å². The van der Waals surface area contributed by atoms with E-state index in [2.05, 4.69) is 26.5 Å². The lowest BCUT2D eigenvalue weighted by atomic mass is 10.2. The fourth-order valence-corrected chi connectivity index (χ4v) is 5.00. The smallest absolute Gasteiger partial charge is 0.254 e. The number of ether oxygens (including phenoxy) is 2. The Balaban J connectivity index is 1.51. The fraction of sp³-hybridized carbons (Fsp3) is 0.333. The van der Waals surface area contributed by atoms with Crippen molar-refractivity contribution in [3.05, 3.63) is 52.5 Å². The fourth-order valence-electron chi connectivity index (χ4n) is 3.31. The molecular weight excluding hydrogens is 500 g/mol. The van der Waals surface area contributed by atoms with Crippen LogP contribution in [0.1, 0.15) is 5.56 Å². The van der Waals surface area contributed by atoms with Gasteiger partial charge in [0.15, 0.2) is 11.5 Å². The van der Waals surface area contributed by atoms with Crippen LogP contribution in [0.3, 0.4) is 0 Å². The zero-order valence-corrected chi connectivity index (χ0v) is 20.2. The summed E-state index contributed by atoms with van der Waals surface area (Å²) in [5.74, 6) is 0.808. The SMILES string of the molecule is COc1cccc(/C=N/NC(=O)CN2CCN(S(=O)(=O)c3ccc(Br)cc3)CC2)c1OC. The van der Waals surface area contributed by atoms with Crippen LogP contribution in [-0.4, -0.2) is 76.7 Å². The molecule has 1 N–H and O–H groups in total. The maximum absolute atomic E-state index is 12.8. The molecule has 0 aliphatic carbocycles. The number of carbonyl (C=O) groups is 1. The van der Waals surface area contributed by atoms with Crippen molar-refractivity contribution in [2.24, 2.45) is 5.10 Å². The second-order valence-corrected chi connectivity index (χ2v) is 9.86. The number of sulfonamides is 1. The average Bonchev–Trinajstić information content (AvgIpc) is 2.79. The molecule has 1 aliphatic rings. The Morgan fingerprint density at radius 1 is 1.09 bits per heavy atom. The van der Waals surface area contributed by atoms with Gasteiger partial charge in [0.25, 0.3) is 5.91 Å². The van der Waals surface area contributed by atoms with Gasteiger partial charge >= 0.3 is 0 Å². The number of methoxy groups -OCH3 is 2. The van der Waals surface area contributed by atoms with Gasteiger partial charge in [0.1, 0.15) is 0 Å². The van der Waals surface area contributed by atoms with E-state index in [4.69, 9.17) is 9.47 Å². The number of benzene rings is 2. The Morgan fingerprint density at radius 3 is 2.41 bits per heavy atom. The summed E-state index contributed by atoms with van der Waals surface area (Å²) in [7, 11) is -0.470. The van der Waals surface area contributed by atoms with Gasteiger partial charge in [-0.25, -0.2) is 13.8 Å². The van der Waals surface area contributed by atoms with Gasteiger partial charge < -0.3 is 9.47 Å². The standard InChI is InChI=1S/C21H25BrN4O5S/c1-30-19-5-3-4-16(21(19)31-2)14-23-24-20(27)15-25-10-12-26(13-11-25)32(28,29)18-8-6-17(22)7-9-18/h3-9,14H,10-13,15H2,1-2H3,(H,24,27)/b23-14+. The molecule has 0 unspecified atom stereocenters. The number of rotatable bonds is 8. The predicted octanol–water partition coefficient (Wildman–Crippen LogP) is 1.92. The quantitative estimate of drug-likeness (QED) is 0.418. The number of halogens is 1. The summed E-state index contributed by atoms with van der Waals surface area (Å²) in [6.45, 7) is 1.66. The van der Waals surface area contributed by atoms with Crippen LogP contribution in [0.4, 0.5) is 0 Å². The van der Waals surface area contributed by atoms with Crippen molar-refractivity contribution in [3.8, 4) is 11.5 Å². The first-order valence-electron chi connectivity index (χ1n) is 9.86. The molecule has 0 aromatic heterocycles. The van der Waals surface area contributed by atoms with Crippen molar-refractivity contribution in [3.63, 3.8) is 0 Å². The molecule has 1 fully saturated rings. The summed E-state index contributed by atoms with van der Waals surface area (Å²) in [6.07, 6.45) is 1.49. The van der Waals surface area contributed by atoms with E-state index < -0.39 is 10.0 Å². The molecule has 1 amide bonds. The third kappa shape index (κ3) is 5.85. The van der Waals surface area contributed by atoms with Gasteiger partial charge in [-0.1, -0.05) is 22.0 Å². The second kappa shape index (κ2) is 10.9. The van der Waals surface area contributed by atoms with E-state index in [9.17, 15) is 13.2 Å². The van der Waals surface area contributed by atoms with E-state index >= 15 is 0 Å². The number of amides is 1. The molecular formula is C21H25BrN4O5S. The molecule has 3 rings (SSSR count). The van der Waals surface area contributed by atoms with Gasteiger partial charge in [0, 0.05) is 36.2 Å². The molecule has 2 aromatic carbocycles. The number of nitrogens with one attached hydrogen (secondary N) is 1. The predicted molar refractivity (Wildman–Crippen MR) is 125 cm³/mol. The van der Waals surface area contributed by atoms with E-state index in [0.29, 0.717) is 43.2 Å². The summed E-state index contributed by atoms with van der Waals surface area (Å²) in [4.78, 5) is 14.4. The van der Waals surface area contributed by atoms with E-state index in [0.717, 1.165) is 4.47 Å². The Labute approximate surface area is 196 Å². The summed E-state index contributed by atoms with van der Waals surface area (Å²) in [5, 5.41) is 4.00. The minimum atomic E-state index is -3.55. The molecule has 9 nitrogen and oxygen atoms in total. The van der Waals surface area contributed by atoms with Crippen molar-refractivity contribution in [1.82, 2.24) is 14.6 Å². The third-order valence-electron chi connectivity index (χ3n) is 4.98. The minimum absolute atomic E-state index is 0.124. The molecule has 0 radical (unpaired) electrons. The largest absolute Gasteiger partial charge is 0.493 e. The Hall–Kier alpha value is -2.47. The summed E-state index contributed by atoms with van der Waals surface area (Å²) < 4.78 is 38.4. The second-order valence-electron chi connectivity index (χ2n) is 7.01. The summed E-state index contributed by atoms with van der Waals surface area (Å²) in [6, 6.07) is 11.9. The van der Waals surface area contributed by atoms with Crippen LogP contribution in [-0.2, 0) is 14.8 Å². The first-order chi connectivity index (χ1) is 15.3. The number of nitrogens with zero attached hydrogens (tertiary/aromatic N) is 3. The van der Waals surface area contributed by atoms with Crippen LogP contribution in [0.25, 0.3) is 0 Å². The van der Waals surface area contributed by atoms with Gasteiger partial charge in [0.2, 0.25) is 10.0 Å². The molecule has 172 valence electrons.